The van der Waals surface area contributed by atoms with Crippen LogP contribution in [0.5, 0.6) is 0 Å². The van der Waals surface area contributed by atoms with E-state index in [1.807, 2.05) is 59.3 Å². The van der Waals surface area contributed by atoms with Gasteiger partial charge in [-0.1, -0.05) is 36.4 Å². The summed E-state index contributed by atoms with van der Waals surface area (Å²) in [5, 5.41) is 20.1. The third-order valence-electron chi connectivity index (χ3n) is 6.26. The number of aromatic amines is 1. The van der Waals surface area contributed by atoms with E-state index in [9.17, 15) is 9.59 Å². The number of fused-ring (bicyclic) bond motifs is 1. The Morgan fingerprint density at radius 2 is 1.90 bits per heavy atom. The van der Waals surface area contributed by atoms with E-state index in [0.717, 1.165) is 21.6 Å². The second-order valence-electron chi connectivity index (χ2n) is 8.90. The van der Waals surface area contributed by atoms with Gasteiger partial charge in [0.25, 0.3) is 5.91 Å². The van der Waals surface area contributed by atoms with Crippen molar-refractivity contribution in [3.8, 4) is 10.7 Å². The zero-order valence-electron chi connectivity index (χ0n) is 21.1. The first-order valence-corrected chi connectivity index (χ1v) is 13.3. The maximum Gasteiger partial charge on any atom is 0.268 e. The number of Topliss-reactive ketones (excluding diaryl/α,β-unsaturated/α-hetero) is 1. The SMILES string of the molecule is O=C(CNc1ccc2c(c1)nc(NC(=O)c1ccc(-c3nn[nH]n3)s1)n2CCc1cccnc1)c1ccccc1. The average Bonchev–Trinajstić information content (AvgIpc) is 3.76. The highest BCUT2D eigenvalue weighted by Gasteiger charge is 2.18. The van der Waals surface area contributed by atoms with Crippen molar-refractivity contribution < 1.29 is 9.59 Å². The van der Waals surface area contributed by atoms with Gasteiger partial charge in [-0.2, -0.15) is 5.21 Å². The number of hydrogen-bond acceptors (Lipinski definition) is 9. The van der Waals surface area contributed by atoms with Gasteiger partial charge in [-0.3, -0.25) is 19.9 Å². The highest BCUT2D eigenvalue weighted by Crippen LogP contribution is 2.27. The molecule has 11 nitrogen and oxygen atoms in total. The van der Waals surface area contributed by atoms with Crippen molar-refractivity contribution in [1.82, 2.24) is 35.2 Å². The van der Waals surface area contributed by atoms with Crippen molar-refractivity contribution in [2.75, 3.05) is 17.2 Å². The molecule has 0 saturated heterocycles. The van der Waals surface area contributed by atoms with E-state index in [0.29, 0.717) is 40.7 Å². The molecule has 0 aliphatic heterocycles. The Balaban J connectivity index is 1.25. The molecule has 198 valence electrons. The molecule has 0 aliphatic carbocycles. The van der Waals surface area contributed by atoms with Crippen LogP contribution < -0.4 is 10.6 Å². The van der Waals surface area contributed by atoms with E-state index in [-0.39, 0.29) is 18.2 Å². The van der Waals surface area contributed by atoms with E-state index in [2.05, 4.69) is 36.2 Å². The molecule has 3 N–H and O–H groups in total. The number of tetrazole rings is 1. The van der Waals surface area contributed by atoms with Gasteiger partial charge in [-0.25, -0.2) is 4.98 Å². The van der Waals surface area contributed by atoms with E-state index in [4.69, 9.17) is 4.98 Å². The number of imidazole rings is 1. The lowest BCUT2D eigenvalue weighted by atomic mass is 10.1. The average molecular weight is 550 g/mol. The number of ketones is 1. The number of nitrogens with one attached hydrogen (secondary N) is 3. The molecule has 2 aromatic carbocycles. The van der Waals surface area contributed by atoms with Crippen LogP contribution in [0.1, 0.15) is 25.6 Å². The Labute approximate surface area is 232 Å². The van der Waals surface area contributed by atoms with Gasteiger partial charge in [0.15, 0.2) is 5.78 Å². The number of hydrogen-bond donors (Lipinski definition) is 3. The van der Waals surface area contributed by atoms with E-state index < -0.39 is 0 Å². The first-order valence-electron chi connectivity index (χ1n) is 12.5. The second kappa shape index (κ2) is 11.3. The second-order valence-corrected chi connectivity index (χ2v) is 9.98. The number of H-pyrrole nitrogens is 1. The largest absolute Gasteiger partial charge is 0.378 e. The molecule has 0 spiro atoms. The smallest absolute Gasteiger partial charge is 0.268 e. The first-order chi connectivity index (χ1) is 19.6. The molecule has 0 bridgehead atoms. The number of carbonyl (C=O) groups excluding carboxylic acids is 2. The van der Waals surface area contributed by atoms with Gasteiger partial charge in [0.2, 0.25) is 11.8 Å². The number of aromatic nitrogens is 7. The minimum atomic E-state index is -0.288. The summed E-state index contributed by atoms with van der Waals surface area (Å²) < 4.78 is 1.98. The lowest BCUT2D eigenvalue weighted by Crippen LogP contribution is -2.15. The first kappa shape index (κ1) is 25.1. The normalized spacial score (nSPS) is 11.0. The van der Waals surface area contributed by atoms with Crippen LogP contribution >= 0.6 is 11.3 Å². The molecule has 0 radical (unpaired) electrons. The summed E-state index contributed by atoms with van der Waals surface area (Å²) in [6.07, 6.45) is 4.27. The van der Waals surface area contributed by atoms with Crippen LogP contribution in [0.2, 0.25) is 0 Å². The highest BCUT2D eigenvalue weighted by molar-refractivity contribution is 7.17. The molecular formula is C28H23N9O2S. The Bertz CT molecular complexity index is 1760. The number of amides is 1. The number of anilines is 2. The van der Waals surface area contributed by atoms with Crippen molar-refractivity contribution >= 4 is 45.7 Å². The molecule has 1 amide bonds. The summed E-state index contributed by atoms with van der Waals surface area (Å²) in [5.74, 6) is 0.561. The fourth-order valence-corrected chi connectivity index (χ4v) is 5.10. The number of aryl methyl sites for hydroxylation is 2. The van der Waals surface area contributed by atoms with Gasteiger partial charge in [-0.05, 0) is 53.6 Å². The third kappa shape index (κ3) is 5.47. The zero-order valence-corrected chi connectivity index (χ0v) is 21.9. The summed E-state index contributed by atoms with van der Waals surface area (Å²) in [5.41, 5.74) is 4.03. The summed E-state index contributed by atoms with van der Waals surface area (Å²) in [6, 6.07) is 22.3. The van der Waals surface area contributed by atoms with Crippen molar-refractivity contribution in [1.29, 1.82) is 0 Å². The van der Waals surface area contributed by atoms with Crippen LogP contribution in [-0.4, -0.2) is 53.4 Å². The molecule has 0 atom stereocenters. The topological polar surface area (TPSA) is 143 Å². The number of rotatable bonds is 10. The number of thiophene rings is 1. The number of nitrogens with zero attached hydrogens (tertiary/aromatic N) is 6. The van der Waals surface area contributed by atoms with Crippen molar-refractivity contribution in [3.63, 3.8) is 0 Å². The molecular weight excluding hydrogens is 526 g/mol. The molecule has 0 fully saturated rings. The lowest BCUT2D eigenvalue weighted by molar-refractivity contribution is 0.100. The molecule has 4 aromatic heterocycles. The van der Waals surface area contributed by atoms with Gasteiger partial charge in [0.05, 0.1) is 27.3 Å². The fourth-order valence-electron chi connectivity index (χ4n) is 4.27. The maximum absolute atomic E-state index is 13.2. The standard InChI is InChI=1S/C28H23N9O2S/c38-23(19-6-2-1-3-7-19)17-30-20-8-9-22-21(15-20)31-28(37(22)14-12-18-5-4-13-29-16-18)32-27(39)25-11-10-24(40-25)26-33-35-36-34-26/h1-11,13,15-16,30H,12,14,17H2,(H,31,32,39)(H,33,34,35,36). The molecule has 0 saturated carbocycles. The van der Waals surface area contributed by atoms with E-state index in [1.54, 1.807) is 30.5 Å². The molecule has 12 heteroatoms. The molecule has 6 aromatic rings. The van der Waals surface area contributed by atoms with Crippen LogP contribution in [0, 0.1) is 0 Å². The zero-order chi connectivity index (χ0) is 27.3. The van der Waals surface area contributed by atoms with Crippen molar-refractivity contribution in [2.24, 2.45) is 0 Å². The number of pyridine rings is 1. The van der Waals surface area contributed by atoms with Crippen LogP contribution in [0.15, 0.2) is 85.2 Å². The van der Waals surface area contributed by atoms with Crippen LogP contribution in [0.25, 0.3) is 21.7 Å². The molecule has 40 heavy (non-hydrogen) atoms. The predicted molar refractivity (Wildman–Crippen MR) is 152 cm³/mol. The minimum Gasteiger partial charge on any atom is -0.378 e. The summed E-state index contributed by atoms with van der Waals surface area (Å²) in [7, 11) is 0. The summed E-state index contributed by atoms with van der Waals surface area (Å²) in [4.78, 5) is 35.9. The summed E-state index contributed by atoms with van der Waals surface area (Å²) in [6.45, 7) is 0.734. The lowest BCUT2D eigenvalue weighted by Gasteiger charge is -2.10. The number of benzene rings is 2. The Morgan fingerprint density at radius 1 is 1.00 bits per heavy atom. The maximum atomic E-state index is 13.2. The number of carbonyl (C=O) groups is 2. The monoisotopic (exact) mass is 549 g/mol. The van der Waals surface area contributed by atoms with Gasteiger partial charge in [-0.15, -0.1) is 21.5 Å². The summed E-state index contributed by atoms with van der Waals surface area (Å²) >= 11 is 1.27. The van der Waals surface area contributed by atoms with Crippen molar-refractivity contribution in [3.05, 3.63) is 101 Å². The Hall–Kier alpha value is -5.23. The Morgan fingerprint density at radius 3 is 2.70 bits per heavy atom. The molecule has 0 aliphatic rings. The van der Waals surface area contributed by atoms with Crippen LogP contribution in [-0.2, 0) is 13.0 Å². The van der Waals surface area contributed by atoms with Crippen LogP contribution in [0.4, 0.5) is 11.6 Å². The van der Waals surface area contributed by atoms with Crippen LogP contribution in [0.3, 0.4) is 0 Å². The predicted octanol–water partition coefficient (Wildman–Crippen LogP) is 4.46. The quantitative estimate of drug-likeness (QED) is 0.213. The van der Waals surface area contributed by atoms with Gasteiger partial charge >= 0.3 is 0 Å². The molecule has 0 unspecified atom stereocenters. The molecule has 4 heterocycles. The molecule has 6 rings (SSSR count). The minimum absolute atomic E-state index is 0.00760. The van der Waals surface area contributed by atoms with Gasteiger partial charge in [0, 0.05) is 30.2 Å². The van der Waals surface area contributed by atoms with E-state index in [1.165, 1.54) is 11.3 Å². The van der Waals surface area contributed by atoms with Crippen molar-refractivity contribution in [2.45, 2.75) is 13.0 Å². The fraction of sp³-hybridized carbons (Fsp3) is 0.107. The third-order valence-corrected chi connectivity index (χ3v) is 7.34. The highest BCUT2D eigenvalue weighted by atomic mass is 32.1. The van der Waals surface area contributed by atoms with Gasteiger partial charge < -0.3 is 9.88 Å². The Kier molecular flexibility index (Phi) is 7.05. The van der Waals surface area contributed by atoms with E-state index >= 15 is 0 Å². The van der Waals surface area contributed by atoms with Gasteiger partial charge in [0.1, 0.15) is 0 Å².